The number of carbonyl (C=O) groups is 1. The summed E-state index contributed by atoms with van der Waals surface area (Å²) < 4.78 is 29.8. The molecule has 0 saturated carbocycles. The lowest BCUT2D eigenvalue weighted by atomic mass is 10.3. The lowest BCUT2D eigenvalue weighted by Gasteiger charge is -2.10. The minimum atomic E-state index is -3.62. The van der Waals surface area contributed by atoms with E-state index >= 15 is 0 Å². The number of carbonyl (C=O) groups excluding carboxylic acids is 1. The number of hydrogen-bond acceptors (Lipinski definition) is 4. The Hall–Kier alpha value is -2.55. The molecule has 7 nitrogen and oxygen atoms in total. The van der Waals surface area contributed by atoms with E-state index in [9.17, 15) is 13.6 Å². The van der Waals surface area contributed by atoms with Gasteiger partial charge in [-0.1, -0.05) is 0 Å². The number of amides is 1. The number of nitrogens with one attached hydrogen (secondary N) is 1. The molecule has 0 saturated heterocycles. The van der Waals surface area contributed by atoms with E-state index in [1.54, 1.807) is 13.1 Å². The second-order valence-corrected chi connectivity index (χ2v) is 6.36. The van der Waals surface area contributed by atoms with Crippen LogP contribution in [0.5, 0.6) is 0 Å². The van der Waals surface area contributed by atoms with Crippen LogP contribution in [0.1, 0.15) is 34.0 Å². The third-order valence-electron chi connectivity index (χ3n) is 3.84. The first kappa shape index (κ1) is 18.2. The Morgan fingerprint density at radius 3 is 2.77 bits per heavy atom. The van der Waals surface area contributed by atoms with Crippen LogP contribution in [0.2, 0.25) is 0 Å². The molecule has 0 bridgehead atoms. The Kier molecular flexibility index (Phi) is 4.90. The van der Waals surface area contributed by atoms with Crippen LogP contribution in [0, 0.1) is 13.8 Å². The van der Waals surface area contributed by atoms with E-state index in [0.717, 1.165) is 16.3 Å². The number of aromatic nitrogens is 5. The maximum atomic E-state index is 13.6. The molecular weight excluding hydrogens is 366 g/mol. The van der Waals surface area contributed by atoms with Crippen molar-refractivity contribution in [2.75, 3.05) is 6.54 Å². The molecule has 0 aliphatic heterocycles. The van der Waals surface area contributed by atoms with Gasteiger partial charge < -0.3 is 5.32 Å². The molecule has 3 aromatic rings. The predicted octanol–water partition coefficient (Wildman–Crippen LogP) is 2.65. The van der Waals surface area contributed by atoms with E-state index in [1.165, 1.54) is 6.07 Å². The van der Waals surface area contributed by atoms with Gasteiger partial charge in [0.15, 0.2) is 11.3 Å². The molecule has 3 rings (SSSR count). The SMILES string of the molecule is Cc1cc(C(F)(F)Cl)n2nc(C(=O)NCCCn3nccc3C)cc2n1. The topological polar surface area (TPSA) is 77.1 Å². The third kappa shape index (κ3) is 3.82. The normalized spacial score (nSPS) is 11.9. The van der Waals surface area contributed by atoms with Gasteiger partial charge in [0.25, 0.3) is 5.91 Å². The molecule has 3 heterocycles. The van der Waals surface area contributed by atoms with Gasteiger partial charge in [0, 0.05) is 36.7 Å². The smallest absolute Gasteiger partial charge is 0.351 e. The quantitative estimate of drug-likeness (QED) is 0.525. The molecule has 1 amide bonds. The van der Waals surface area contributed by atoms with Crippen molar-refractivity contribution < 1.29 is 13.6 Å². The van der Waals surface area contributed by atoms with E-state index in [0.29, 0.717) is 25.2 Å². The molecule has 0 radical (unpaired) electrons. The second kappa shape index (κ2) is 6.99. The average molecular weight is 383 g/mol. The van der Waals surface area contributed by atoms with E-state index in [1.807, 2.05) is 17.7 Å². The van der Waals surface area contributed by atoms with Crippen LogP contribution in [0.4, 0.5) is 8.78 Å². The van der Waals surface area contributed by atoms with Crippen LogP contribution in [0.3, 0.4) is 0 Å². The monoisotopic (exact) mass is 382 g/mol. The first-order chi connectivity index (χ1) is 12.3. The Balaban J connectivity index is 1.70. The highest BCUT2D eigenvalue weighted by molar-refractivity contribution is 6.21. The Morgan fingerprint density at radius 2 is 2.12 bits per heavy atom. The number of nitrogens with zero attached hydrogens (tertiary/aromatic N) is 5. The molecule has 0 atom stereocenters. The molecule has 0 aliphatic rings. The van der Waals surface area contributed by atoms with Crippen LogP contribution in [0.15, 0.2) is 24.4 Å². The minimum absolute atomic E-state index is 0.000497. The number of hydrogen-bond donors (Lipinski definition) is 1. The summed E-state index contributed by atoms with van der Waals surface area (Å²) in [5, 5.41) is 7.17. The molecule has 3 aromatic heterocycles. The number of halogens is 3. The van der Waals surface area contributed by atoms with E-state index in [-0.39, 0.29) is 11.3 Å². The van der Waals surface area contributed by atoms with Crippen LogP contribution in [-0.2, 0) is 11.9 Å². The van der Waals surface area contributed by atoms with Crippen molar-refractivity contribution in [1.29, 1.82) is 0 Å². The van der Waals surface area contributed by atoms with Crippen LogP contribution >= 0.6 is 11.6 Å². The van der Waals surface area contributed by atoms with E-state index in [2.05, 4.69) is 20.5 Å². The molecule has 0 unspecified atom stereocenters. The molecule has 0 fully saturated rings. The average Bonchev–Trinajstić information content (AvgIpc) is 3.15. The maximum Gasteiger partial charge on any atom is 0.364 e. The lowest BCUT2D eigenvalue weighted by molar-refractivity contribution is 0.0864. The first-order valence-corrected chi connectivity index (χ1v) is 8.35. The third-order valence-corrected chi connectivity index (χ3v) is 4.03. The number of alkyl halides is 3. The van der Waals surface area contributed by atoms with Gasteiger partial charge in [0.05, 0.1) is 0 Å². The fraction of sp³-hybridized carbons (Fsp3) is 0.375. The second-order valence-electron chi connectivity index (χ2n) is 5.89. The predicted molar refractivity (Wildman–Crippen MR) is 91.4 cm³/mol. The van der Waals surface area contributed by atoms with Gasteiger partial charge in [-0.15, -0.1) is 0 Å². The van der Waals surface area contributed by atoms with Gasteiger partial charge in [-0.25, -0.2) is 9.50 Å². The lowest BCUT2D eigenvalue weighted by Crippen LogP contribution is -2.26. The highest BCUT2D eigenvalue weighted by atomic mass is 35.5. The Morgan fingerprint density at radius 1 is 1.35 bits per heavy atom. The van der Waals surface area contributed by atoms with Crippen molar-refractivity contribution in [3.05, 3.63) is 47.2 Å². The van der Waals surface area contributed by atoms with Crippen molar-refractivity contribution in [2.45, 2.75) is 32.2 Å². The summed E-state index contributed by atoms with van der Waals surface area (Å²) in [6.07, 6.45) is 2.38. The van der Waals surface area contributed by atoms with Crippen molar-refractivity contribution in [2.24, 2.45) is 0 Å². The minimum Gasteiger partial charge on any atom is -0.351 e. The van der Waals surface area contributed by atoms with E-state index < -0.39 is 17.0 Å². The Labute approximate surface area is 153 Å². The molecule has 26 heavy (non-hydrogen) atoms. The highest BCUT2D eigenvalue weighted by Gasteiger charge is 2.32. The van der Waals surface area contributed by atoms with Crippen molar-refractivity contribution in [1.82, 2.24) is 29.7 Å². The van der Waals surface area contributed by atoms with Gasteiger partial charge >= 0.3 is 5.38 Å². The van der Waals surface area contributed by atoms with Crippen LogP contribution in [0.25, 0.3) is 5.65 Å². The van der Waals surface area contributed by atoms with E-state index in [4.69, 9.17) is 11.6 Å². The molecular formula is C16H17ClF2N6O. The zero-order valence-electron chi connectivity index (χ0n) is 14.2. The van der Waals surface area contributed by atoms with Crippen LogP contribution < -0.4 is 5.32 Å². The first-order valence-electron chi connectivity index (χ1n) is 7.97. The summed E-state index contributed by atoms with van der Waals surface area (Å²) in [6.45, 7) is 4.57. The van der Waals surface area contributed by atoms with Gasteiger partial charge in [-0.3, -0.25) is 9.48 Å². The Bertz CT molecular complexity index is 946. The number of aryl methyl sites for hydroxylation is 3. The summed E-state index contributed by atoms with van der Waals surface area (Å²) in [6, 6.07) is 4.39. The summed E-state index contributed by atoms with van der Waals surface area (Å²) in [7, 11) is 0. The summed E-state index contributed by atoms with van der Waals surface area (Å²) in [5.41, 5.74) is 0.995. The van der Waals surface area contributed by atoms with Gasteiger partial charge in [-0.2, -0.15) is 19.0 Å². The fourth-order valence-corrected chi connectivity index (χ4v) is 2.70. The molecule has 138 valence electrons. The molecule has 0 spiro atoms. The molecule has 1 N–H and O–H groups in total. The largest absolute Gasteiger partial charge is 0.364 e. The van der Waals surface area contributed by atoms with Gasteiger partial charge in [0.2, 0.25) is 0 Å². The molecule has 0 aliphatic carbocycles. The van der Waals surface area contributed by atoms with Crippen molar-refractivity contribution in [3.63, 3.8) is 0 Å². The highest BCUT2D eigenvalue weighted by Crippen LogP contribution is 2.32. The van der Waals surface area contributed by atoms with Gasteiger partial charge in [-0.05, 0) is 44.0 Å². The maximum absolute atomic E-state index is 13.6. The summed E-state index contributed by atoms with van der Waals surface area (Å²) in [4.78, 5) is 16.3. The van der Waals surface area contributed by atoms with Gasteiger partial charge in [0.1, 0.15) is 5.69 Å². The summed E-state index contributed by atoms with van der Waals surface area (Å²) in [5.74, 6) is -0.464. The number of fused-ring (bicyclic) bond motifs is 1. The zero-order chi connectivity index (χ0) is 18.9. The zero-order valence-corrected chi connectivity index (χ0v) is 15.0. The van der Waals surface area contributed by atoms with Crippen LogP contribution in [-0.4, -0.2) is 36.8 Å². The number of rotatable bonds is 6. The van der Waals surface area contributed by atoms with Crippen molar-refractivity contribution in [3.8, 4) is 0 Å². The standard InChI is InChI=1S/C16H17ClF2N6O/c1-10-8-13(16(17,18)19)25-14(22-10)9-12(23-25)15(26)20-5-3-7-24-11(2)4-6-21-24/h4,6,8-9H,3,5,7H2,1-2H3,(H,20,26). The molecule has 10 heteroatoms. The molecule has 0 aromatic carbocycles. The summed E-state index contributed by atoms with van der Waals surface area (Å²) >= 11 is 5.13. The van der Waals surface area contributed by atoms with Crippen molar-refractivity contribution >= 4 is 23.2 Å². The fourth-order valence-electron chi connectivity index (χ4n) is 2.57.